The molecule has 1 aromatic heterocycles. The van der Waals surface area contributed by atoms with Gasteiger partial charge < -0.3 is 9.64 Å². The van der Waals surface area contributed by atoms with Crippen LogP contribution in [0.1, 0.15) is 23.4 Å². The van der Waals surface area contributed by atoms with Gasteiger partial charge >= 0.3 is 0 Å². The molecule has 0 radical (unpaired) electrons. The number of rotatable bonds is 5. The van der Waals surface area contributed by atoms with E-state index in [0.717, 1.165) is 29.8 Å². The molecule has 1 fully saturated rings. The minimum atomic E-state index is 0.0352. The Labute approximate surface area is 148 Å². The van der Waals surface area contributed by atoms with Crippen LogP contribution in [0.15, 0.2) is 48.8 Å². The van der Waals surface area contributed by atoms with Crippen LogP contribution in [0, 0.1) is 6.92 Å². The van der Waals surface area contributed by atoms with Crippen LogP contribution in [0.3, 0.4) is 0 Å². The van der Waals surface area contributed by atoms with E-state index < -0.39 is 0 Å². The summed E-state index contributed by atoms with van der Waals surface area (Å²) in [5.41, 5.74) is 2.96. The highest BCUT2D eigenvalue weighted by Crippen LogP contribution is 2.15. The van der Waals surface area contributed by atoms with Crippen molar-refractivity contribution in [1.29, 1.82) is 0 Å². The maximum atomic E-state index is 12.6. The van der Waals surface area contributed by atoms with Crippen molar-refractivity contribution in [3.8, 4) is 0 Å². The second-order valence-corrected chi connectivity index (χ2v) is 6.13. The molecule has 5 heteroatoms. The van der Waals surface area contributed by atoms with Crippen LogP contribution in [0.2, 0.25) is 0 Å². The molecule has 1 saturated heterocycles. The van der Waals surface area contributed by atoms with Crippen molar-refractivity contribution in [1.82, 2.24) is 14.9 Å². The zero-order valence-electron chi connectivity index (χ0n) is 14.5. The summed E-state index contributed by atoms with van der Waals surface area (Å²) >= 11 is 0. The van der Waals surface area contributed by atoms with Crippen molar-refractivity contribution < 1.29 is 9.53 Å². The number of aromatic nitrogens is 2. The number of carbonyl (C=O) groups is 1. The van der Waals surface area contributed by atoms with E-state index in [0.29, 0.717) is 19.8 Å². The molecule has 130 valence electrons. The second kappa shape index (κ2) is 8.53. The van der Waals surface area contributed by atoms with Gasteiger partial charge in [0.25, 0.3) is 0 Å². The maximum absolute atomic E-state index is 12.6. The van der Waals surface area contributed by atoms with E-state index in [2.05, 4.69) is 9.97 Å². The van der Waals surface area contributed by atoms with Crippen molar-refractivity contribution in [2.75, 3.05) is 19.8 Å². The van der Waals surface area contributed by atoms with E-state index >= 15 is 0 Å². The first-order valence-electron chi connectivity index (χ1n) is 8.62. The summed E-state index contributed by atoms with van der Waals surface area (Å²) in [5.74, 6) is 0.0352. The lowest BCUT2D eigenvalue weighted by atomic mass is 10.1. The first-order chi connectivity index (χ1) is 12.2. The molecule has 0 aliphatic carbocycles. The van der Waals surface area contributed by atoms with Crippen LogP contribution in [0.5, 0.6) is 0 Å². The molecular formula is C20H23N3O2. The van der Waals surface area contributed by atoms with Gasteiger partial charge in [-0.15, -0.1) is 0 Å². The van der Waals surface area contributed by atoms with E-state index in [9.17, 15) is 4.79 Å². The summed E-state index contributed by atoms with van der Waals surface area (Å²) in [6, 6.07) is 9.93. The molecule has 1 atom stereocenters. The maximum Gasteiger partial charge on any atom is 0.246 e. The van der Waals surface area contributed by atoms with Crippen LogP contribution in [-0.4, -0.2) is 46.6 Å². The molecule has 2 aromatic rings. The fraction of sp³-hybridized carbons (Fsp3) is 0.350. The second-order valence-electron chi connectivity index (χ2n) is 6.13. The zero-order valence-corrected chi connectivity index (χ0v) is 14.5. The minimum absolute atomic E-state index is 0.0352. The average molecular weight is 337 g/mol. The summed E-state index contributed by atoms with van der Waals surface area (Å²) in [4.78, 5) is 23.2. The van der Waals surface area contributed by atoms with Crippen LogP contribution in [0.25, 0.3) is 6.08 Å². The molecule has 5 nitrogen and oxygen atoms in total. The number of hydrogen-bond acceptors (Lipinski definition) is 4. The van der Waals surface area contributed by atoms with Crippen molar-refractivity contribution in [2.24, 2.45) is 0 Å². The van der Waals surface area contributed by atoms with Crippen LogP contribution >= 0.6 is 0 Å². The van der Waals surface area contributed by atoms with Crippen LogP contribution in [-0.2, 0) is 16.0 Å². The normalized spacial score (nSPS) is 17.8. The molecule has 0 saturated carbocycles. The summed E-state index contributed by atoms with van der Waals surface area (Å²) in [6.07, 6.45) is 8.55. The molecule has 3 rings (SSSR count). The Hall–Kier alpha value is -2.53. The standard InChI is InChI=1S/C20H23N3O2/c1-16-19(22-12-11-21-16)9-8-18-15-25-14-13-23(18)20(24)10-7-17-5-3-2-4-6-17/h2-7,10-12,18H,8-9,13-15H2,1H3/b10-7+/t18-/m0/s1. The Morgan fingerprint density at radius 1 is 1.28 bits per heavy atom. The summed E-state index contributed by atoms with van der Waals surface area (Å²) < 4.78 is 5.59. The first kappa shape index (κ1) is 17.3. The number of ether oxygens (including phenoxy) is 1. The molecule has 1 aliphatic heterocycles. The van der Waals surface area contributed by atoms with E-state index in [1.165, 1.54) is 0 Å². The molecule has 0 N–H and O–H groups in total. The molecule has 1 amide bonds. The molecule has 1 aromatic carbocycles. The van der Waals surface area contributed by atoms with Crippen LogP contribution in [0.4, 0.5) is 0 Å². The van der Waals surface area contributed by atoms with E-state index in [-0.39, 0.29) is 11.9 Å². The van der Waals surface area contributed by atoms with Gasteiger partial charge in [-0.2, -0.15) is 0 Å². The Morgan fingerprint density at radius 2 is 2.08 bits per heavy atom. The lowest BCUT2D eigenvalue weighted by molar-refractivity contribution is -0.134. The van der Waals surface area contributed by atoms with Gasteiger partial charge in [0.1, 0.15) is 0 Å². The van der Waals surface area contributed by atoms with Gasteiger partial charge in [-0.1, -0.05) is 30.3 Å². The Balaban J connectivity index is 1.63. The van der Waals surface area contributed by atoms with Crippen LogP contribution < -0.4 is 0 Å². The predicted molar refractivity (Wildman–Crippen MR) is 96.9 cm³/mol. The average Bonchev–Trinajstić information content (AvgIpc) is 2.66. The molecule has 0 bridgehead atoms. The predicted octanol–water partition coefficient (Wildman–Crippen LogP) is 2.66. The number of amides is 1. The molecular weight excluding hydrogens is 314 g/mol. The van der Waals surface area contributed by atoms with Gasteiger partial charge in [0, 0.05) is 25.0 Å². The number of benzene rings is 1. The number of aryl methyl sites for hydroxylation is 2. The zero-order chi connectivity index (χ0) is 17.5. The van der Waals surface area contributed by atoms with Gasteiger partial charge in [-0.25, -0.2) is 0 Å². The fourth-order valence-electron chi connectivity index (χ4n) is 3.00. The molecule has 25 heavy (non-hydrogen) atoms. The number of carbonyl (C=O) groups excluding carboxylic acids is 1. The summed E-state index contributed by atoms with van der Waals surface area (Å²) in [7, 11) is 0. The SMILES string of the molecule is Cc1nccnc1CC[C@H]1COCCN1C(=O)/C=C/c1ccccc1. The van der Waals surface area contributed by atoms with Crippen molar-refractivity contribution in [3.63, 3.8) is 0 Å². The third-order valence-electron chi connectivity index (χ3n) is 4.43. The fourth-order valence-corrected chi connectivity index (χ4v) is 3.00. The lowest BCUT2D eigenvalue weighted by Crippen LogP contribution is -2.48. The van der Waals surface area contributed by atoms with E-state index in [1.807, 2.05) is 48.2 Å². The number of nitrogens with zero attached hydrogens (tertiary/aromatic N) is 3. The Morgan fingerprint density at radius 3 is 2.88 bits per heavy atom. The summed E-state index contributed by atoms with van der Waals surface area (Å²) in [6.45, 7) is 3.75. The molecule has 2 heterocycles. The number of morpholine rings is 1. The smallest absolute Gasteiger partial charge is 0.246 e. The van der Waals surface area contributed by atoms with E-state index in [4.69, 9.17) is 4.74 Å². The van der Waals surface area contributed by atoms with Gasteiger partial charge in [-0.05, 0) is 31.4 Å². The largest absolute Gasteiger partial charge is 0.377 e. The highest BCUT2D eigenvalue weighted by molar-refractivity contribution is 5.92. The van der Waals surface area contributed by atoms with Gasteiger partial charge in [0.05, 0.1) is 30.6 Å². The highest BCUT2D eigenvalue weighted by atomic mass is 16.5. The summed E-state index contributed by atoms with van der Waals surface area (Å²) in [5, 5.41) is 0. The van der Waals surface area contributed by atoms with Gasteiger partial charge in [-0.3, -0.25) is 14.8 Å². The van der Waals surface area contributed by atoms with Gasteiger partial charge in [0.15, 0.2) is 0 Å². The third-order valence-corrected chi connectivity index (χ3v) is 4.43. The van der Waals surface area contributed by atoms with Crippen molar-refractivity contribution in [3.05, 3.63) is 65.8 Å². The third kappa shape index (κ3) is 4.73. The monoisotopic (exact) mass is 337 g/mol. The minimum Gasteiger partial charge on any atom is -0.377 e. The Bertz CT molecular complexity index is 731. The molecule has 1 aliphatic rings. The van der Waals surface area contributed by atoms with Crippen molar-refractivity contribution >= 4 is 12.0 Å². The van der Waals surface area contributed by atoms with E-state index in [1.54, 1.807) is 18.5 Å². The van der Waals surface area contributed by atoms with Gasteiger partial charge in [0.2, 0.25) is 5.91 Å². The quantitative estimate of drug-likeness (QED) is 0.787. The topological polar surface area (TPSA) is 55.3 Å². The Kier molecular flexibility index (Phi) is 5.90. The highest BCUT2D eigenvalue weighted by Gasteiger charge is 2.26. The molecule has 0 spiro atoms. The van der Waals surface area contributed by atoms with Crippen molar-refractivity contribution in [2.45, 2.75) is 25.8 Å². The lowest BCUT2D eigenvalue weighted by Gasteiger charge is -2.35. The molecule has 0 unspecified atom stereocenters. The first-order valence-corrected chi connectivity index (χ1v) is 8.62. The number of hydrogen-bond donors (Lipinski definition) is 0.